The van der Waals surface area contributed by atoms with Crippen LogP contribution in [0.15, 0.2) is 53.4 Å². The molecule has 29 heavy (non-hydrogen) atoms. The SMILES string of the molecule is CS(=O)(=O)c1cccc(C(=O)Nc2ccc(CN3CCCC(C(N)=O)C3)cc2)c1. The lowest BCUT2D eigenvalue weighted by Gasteiger charge is -2.31. The van der Waals surface area contributed by atoms with Crippen molar-refractivity contribution in [2.45, 2.75) is 24.3 Å². The van der Waals surface area contributed by atoms with Crippen LogP contribution in [-0.2, 0) is 21.2 Å². The van der Waals surface area contributed by atoms with E-state index in [4.69, 9.17) is 5.73 Å². The summed E-state index contributed by atoms with van der Waals surface area (Å²) in [6, 6.07) is 13.4. The van der Waals surface area contributed by atoms with Crippen molar-refractivity contribution in [2.24, 2.45) is 11.7 Å². The summed E-state index contributed by atoms with van der Waals surface area (Å²) >= 11 is 0. The molecule has 7 nitrogen and oxygen atoms in total. The summed E-state index contributed by atoms with van der Waals surface area (Å²) in [6.45, 7) is 2.32. The first kappa shape index (κ1) is 21.0. The maximum atomic E-state index is 12.4. The number of carbonyl (C=O) groups excluding carboxylic acids is 2. The van der Waals surface area contributed by atoms with Gasteiger partial charge in [0.15, 0.2) is 9.84 Å². The highest BCUT2D eigenvalue weighted by Crippen LogP contribution is 2.20. The molecule has 0 aromatic heterocycles. The summed E-state index contributed by atoms with van der Waals surface area (Å²) in [7, 11) is -3.37. The van der Waals surface area contributed by atoms with Gasteiger partial charge >= 0.3 is 0 Å². The average Bonchev–Trinajstić information content (AvgIpc) is 2.69. The molecule has 1 unspecified atom stereocenters. The quantitative estimate of drug-likeness (QED) is 0.750. The van der Waals surface area contributed by atoms with Crippen LogP contribution < -0.4 is 11.1 Å². The van der Waals surface area contributed by atoms with Crippen LogP contribution in [-0.4, -0.2) is 44.5 Å². The molecule has 2 aromatic carbocycles. The number of nitrogens with zero attached hydrogens (tertiary/aromatic N) is 1. The van der Waals surface area contributed by atoms with Gasteiger partial charge in [-0.1, -0.05) is 18.2 Å². The molecule has 8 heteroatoms. The van der Waals surface area contributed by atoms with Gasteiger partial charge < -0.3 is 11.1 Å². The molecular formula is C21H25N3O4S. The van der Waals surface area contributed by atoms with Crippen LogP contribution in [0.25, 0.3) is 0 Å². The van der Waals surface area contributed by atoms with Crippen molar-refractivity contribution >= 4 is 27.3 Å². The number of benzene rings is 2. The largest absolute Gasteiger partial charge is 0.369 e. The fourth-order valence-electron chi connectivity index (χ4n) is 3.45. The number of rotatable bonds is 6. The Hall–Kier alpha value is -2.71. The zero-order chi connectivity index (χ0) is 21.0. The van der Waals surface area contributed by atoms with E-state index in [2.05, 4.69) is 10.2 Å². The first-order valence-corrected chi connectivity index (χ1v) is 11.3. The third kappa shape index (κ3) is 5.65. The molecule has 1 heterocycles. The molecule has 0 radical (unpaired) electrons. The van der Waals surface area contributed by atoms with E-state index in [0.717, 1.165) is 31.2 Å². The Kier molecular flexibility index (Phi) is 6.34. The Labute approximate surface area is 170 Å². The monoisotopic (exact) mass is 415 g/mol. The van der Waals surface area contributed by atoms with Crippen LogP contribution in [0, 0.1) is 5.92 Å². The smallest absolute Gasteiger partial charge is 0.255 e. The van der Waals surface area contributed by atoms with E-state index in [1.165, 1.54) is 12.1 Å². The van der Waals surface area contributed by atoms with Crippen molar-refractivity contribution in [1.29, 1.82) is 0 Å². The van der Waals surface area contributed by atoms with E-state index in [9.17, 15) is 18.0 Å². The molecule has 2 amide bonds. The summed E-state index contributed by atoms with van der Waals surface area (Å²) in [6.07, 6.45) is 2.91. The van der Waals surface area contributed by atoms with Crippen molar-refractivity contribution in [3.63, 3.8) is 0 Å². The molecule has 3 N–H and O–H groups in total. The second-order valence-electron chi connectivity index (χ2n) is 7.43. The third-order valence-electron chi connectivity index (χ3n) is 5.05. The minimum atomic E-state index is -3.37. The van der Waals surface area contributed by atoms with Gasteiger partial charge in [-0.2, -0.15) is 0 Å². The van der Waals surface area contributed by atoms with E-state index in [0.29, 0.717) is 18.8 Å². The van der Waals surface area contributed by atoms with Crippen molar-refractivity contribution < 1.29 is 18.0 Å². The van der Waals surface area contributed by atoms with Crippen molar-refractivity contribution in [2.75, 3.05) is 24.7 Å². The van der Waals surface area contributed by atoms with Crippen LogP contribution in [0.1, 0.15) is 28.8 Å². The summed E-state index contributed by atoms with van der Waals surface area (Å²) < 4.78 is 23.3. The maximum Gasteiger partial charge on any atom is 0.255 e. The van der Waals surface area contributed by atoms with Crippen molar-refractivity contribution in [3.8, 4) is 0 Å². The molecule has 1 atom stereocenters. The lowest BCUT2D eigenvalue weighted by molar-refractivity contribution is -0.123. The van der Waals surface area contributed by atoms with Gasteiger partial charge in [-0.25, -0.2) is 8.42 Å². The normalized spacial score (nSPS) is 17.6. The highest BCUT2D eigenvalue weighted by atomic mass is 32.2. The van der Waals surface area contributed by atoms with E-state index < -0.39 is 9.84 Å². The summed E-state index contributed by atoms with van der Waals surface area (Å²) in [5, 5.41) is 2.78. The number of anilines is 1. The second-order valence-corrected chi connectivity index (χ2v) is 9.44. The van der Waals surface area contributed by atoms with Gasteiger partial charge in [-0.15, -0.1) is 0 Å². The van der Waals surface area contributed by atoms with E-state index >= 15 is 0 Å². The van der Waals surface area contributed by atoms with Crippen LogP contribution in [0.5, 0.6) is 0 Å². The number of hydrogen-bond acceptors (Lipinski definition) is 5. The lowest BCUT2D eigenvalue weighted by Crippen LogP contribution is -2.40. The van der Waals surface area contributed by atoms with E-state index in [1.807, 2.05) is 24.3 Å². The molecule has 1 fully saturated rings. The van der Waals surface area contributed by atoms with Crippen LogP contribution >= 0.6 is 0 Å². The van der Waals surface area contributed by atoms with Gasteiger partial charge in [-0.3, -0.25) is 14.5 Å². The molecule has 2 aromatic rings. The molecule has 0 aliphatic carbocycles. The number of primary amides is 1. The number of carbonyl (C=O) groups is 2. The van der Waals surface area contributed by atoms with Gasteiger partial charge in [0.05, 0.1) is 10.8 Å². The Balaban J connectivity index is 1.62. The number of hydrogen-bond donors (Lipinski definition) is 2. The fraction of sp³-hybridized carbons (Fsp3) is 0.333. The zero-order valence-electron chi connectivity index (χ0n) is 16.3. The minimum Gasteiger partial charge on any atom is -0.369 e. The summed E-state index contributed by atoms with van der Waals surface area (Å²) in [5.41, 5.74) is 7.41. The predicted octanol–water partition coefficient (Wildman–Crippen LogP) is 2.04. The molecule has 1 aliphatic heterocycles. The predicted molar refractivity (Wildman–Crippen MR) is 111 cm³/mol. The van der Waals surface area contributed by atoms with E-state index in [-0.39, 0.29) is 28.2 Å². The van der Waals surface area contributed by atoms with Gasteiger partial charge in [0.2, 0.25) is 5.91 Å². The first-order chi connectivity index (χ1) is 13.7. The standard InChI is InChI=1S/C21H25N3O4S/c1-29(27,28)19-6-2-4-16(12-19)21(26)23-18-9-7-15(8-10-18)13-24-11-3-5-17(14-24)20(22)25/h2,4,6-10,12,17H,3,5,11,13-14H2,1H3,(H2,22,25)(H,23,26). The highest BCUT2D eigenvalue weighted by Gasteiger charge is 2.23. The van der Waals surface area contributed by atoms with Crippen LogP contribution in [0.2, 0.25) is 0 Å². The Morgan fingerprint density at radius 2 is 1.90 bits per heavy atom. The second kappa shape index (κ2) is 8.75. The van der Waals surface area contributed by atoms with Crippen molar-refractivity contribution in [1.82, 2.24) is 4.90 Å². The molecule has 3 rings (SSSR count). The Morgan fingerprint density at radius 1 is 1.17 bits per heavy atom. The number of sulfone groups is 1. The molecule has 0 spiro atoms. The fourth-order valence-corrected chi connectivity index (χ4v) is 4.12. The lowest BCUT2D eigenvalue weighted by atomic mass is 9.97. The third-order valence-corrected chi connectivity index (χ3v) is 6.16. The number of piperidine rings is 1. The first-order valence-electron chi connectivity index (χ1n) is 9.44. The number of nitrogens with one attached hydrogen (secondary N) is 1. The van der Waals surface area contributed by atoms with Gasteiger partial charge in [-0.05, 0) is 55.3 Å². The van der Waals surface area contributed by atoms with Gasteiger partial charge in [0, 0.05) is 30.6 Å². The molecule has 1 aliphatic rings. The minimum absolute atomic E-state index is 0.0926. The number of nitrogens with two attached hydrogens (primary N) is 1. The molecule has 1 saturated heterocycles. The van der Waals surface area contributed by atoms with Crippen LogP contribution in [0.3, 0.4) is 0 Å². The van der Waals surface area contributed by atoms with Gasteiger partial charge in [0.1, 0.15) is 0 Å². The number of amides is 2. The Morgan fingerprint density at radius 3 is 2.55 bits per heavy atom. The average molecular weight is 416 g/mol. The molecule has 0 saturated carbocycles. The number of likely N-dealkylation sites (tertiary alicyclic amines) is 1. The van der Waals surface area contributed by atoms with E-state index in [1.54, 1.807) is 12.1 Å². The topological polar surface area (TPSA) is 110 Å². The molecular weight excluding hydrogens is 390 g/mol. The molecule has 0 bridgehead atoms. The molecule has 154 valence electrons. The summed E-state index contributed by atoms with van der Waals surface area (Å²) in [4.78, 5) is 26.2. The van der Waals surface area contributed by atoms with Crippen LogP contribution in [0.4, 0.5) is 5.69 Å². The Bertz CT molecular complexity index is 1000. The summed E-state index contributed by atoms with van der Waals surface area (Å²) in [5.74, 6) is -0.707. The van der Waals surface area contributed by atoms with Gasteiger partial charge in [0.25, 0.3) is 5.91 Å². The zero-order valence-corrected chi connectivity index (χ0v) is 17.1. The maximum absolute atomic E-state index is 12.4. The van der Waals surface area contributed by atoms with Crippen molar-refractivity contribution in [3.05, 3.63) is 59.7 Å². The highest BCUT2D eigenvalue weighted by molar-refractivity contribution is 7.90.